The third-order valence-electron chi connectivity index (χ3n) is 3.66. The van der Waals surface area contributed by atoms with Gasteiger partial charge in [-0.05, 0) is 0 Å². The standard InChI is InChI=1S/C15H21N3O6/c1-22-7-8-24-14-10-12(18(20)21)11(9-13(14)23-2)15(19)17-5-3-16-4-6-17/h9-10,16H,3-8H2,1-2H3. The van der Waals surface area contributed by atoms with Gasteiger partial charge >= 0.3 is 0 Å². The Kier molecular flexibility index (Phi) is 6.33. The number of carbonyl (C=O) groups is 1. The molecule has 0 aliphatic carbocycles. The van der Waals surface area contributed by atoms with Crippen molar-refractivity contribution in [3.05, 3.63) is 27.8 Å². The first-order valence-corrected chi connectivity index (χ1v) is 7.56. The van der Waals surface area contributed by atoms with E-state index < -0.39 is 4.92 Å². The van der Waals surface area contributed by atoms with E-state index in [0.29, 0.717) is 32.8 Å². The predicted molar refractivity (Wildman–Crippen MR) is 85.8 cm³/mol. The molecule has 1 fully saturated rings. The predicted octanol–water partition coefficient (Wildman–Crippen LogP) is 0.674. The van der Waals surface area contributed by atoms with Crippen molar-refractivity contribution in [2.45, 2.75) is 0 Å². The van der Waals surface area contributed by atoms with E-state index in [0.717, 1.165) is 0 Å². The summed E-state index contributed by atoms with van der Waals surface area (Å²) in [4.78, 5) is 25.0. The number of nitro groups is 1. The number of rotatable bonds is 7. The molecule has 0 saturated carbocycles. The first-order valence-electron chi connectivity index (χ1n) is 7.56. The summed E-state index contributed by atoms with van der Waals surface area (Å²) in [7, 11) is 2.95. The van der Waals surface area contributed by atoms with Crippen LogP contribution in [0.4, 0.5) is 5.69 Å². The molecule has 24 heavy (non-hydrogen) atoms. The SMILES string of the molecule is COCCOc1cc([N+](=O)[O-])c(C(=O)N2CCNCC2)cc1OC. The Morgan fingerprint density at radius 3 is 2.54 bits per heavy atom. The van der Waals surface area contributed by atoms with Crippen LogP contribution in [-0.4, -0.2) is 69.3 Å². The van der Waals surface area contributed by atoms with Crippen LogP contribution in [0.3, 0.4) is 0 Å². The van der Waals surface area contributed by atoms with E-state index in [4.69, 9.17) is 14.2 Å². The van der Waals surface area contributed by atoms with E-state index >= 15 is 0 Å². The molecule has 1 aliphatic rings. The summed E-state index contributed by atoms with van der Waals surface area (Å²) >= 11 is 0. The Bertz CT molecular complexity index is 601. The van der Waals surface area contributed by atoms with Crippen LogP contribution < -0.4 is 14.8 Å². The molecule has 1 aromatic carbocycles. The number of nitro benzene ring substituents is 1. The third kappa shape index (κ3) is 4.12. The molecule has 1 aliphatic heterocycles. The number of ether oxygens (including phenoxy) is 3. The van der Waals surface area contributed by atoms with Gasteiger partial charge in [-0.1, -0.05) is 0 Å². The summed E-state index contributed by atoms with van der Waals surface area (Å²) < 4.78 is 15.6. The van der Waals surface area contributed by atoms with Crippen molar-refractivity contribution in [1.29, 1.82) is 0 Å². The molecule has 0 bridgehead atoms. The van der Waals surface area contributed by atoms with E-state index in [1.807, 2.05) is 0 Å². The molecule has 2 rings (SSSR count). The van der Waals surface area contributed by atoms with Crippen LogP contribution in [0.2, 0.25) is 0 Å². The topological polar surface area (TPSA) is 103 Å². The first-order chi connectivity index (χ1) is 11.6. The normalized spacial score (nSPS) is 14.3. The fourth-order valence-corrected chi connectivity index (χ4v) is 2.42. The van der Waals surface area contributed by atoms with Gasteiger partial charge in [0.25, 0.3) is 11.6 Å². The van der Waals surface area contributed by atoms with Crippen molar-refractivity contribution < 1.29 is 23.9 Å². The highest BCUT2D eigenvalue weighted by atomic mass is 16.6. The summed E-state index contributed by atoms with van der Waals surface area (Å²) in [6, 6.07) is 2.59. The van der Waals surface area contributed by atoms with E-state index in [-0.39, 0.29) is 35.3 Å². The number of hydrogen-bond acceptors (Lipinski definition) is 7. The van der Waals surface area contributed by atoms with Gasteiger partial charge in [-0.25, -0.2) is 0 Å². The number of hydrogen-bond donors (Lipinski definition) is 1. The number of benzene rings is 1. The molecule has 1 heterocycles. The molecule has 1 N–H and O–H groups in total. The Labute approximate surface area is 139 Å². The molecule has 1 aromatic rings. The van der Waals surface area contributed by atoms with Gasteiger partial charge in [0, 0.05) is 39.4 Å². The lowest BCUT2D eigenvalue weighted by Gasteiger charge is -2.27. The van der Waals surface area contributed by atoms with E-state index in [1.54, 1.807) is 4.90 Å². The van der Waals surface area contributed by atoms with Gasteiger partial charge < -0.3 is 24.4 Å². The fourth-order valence-electron chi connectivity index (χ4n) is 2.42. The molecule has 0 atom stereocenters. The first kappa shape index (κ1) is 18.0. The smallest absolute Gasteiger partial charge is 0.286 e. The summed E-state index contributed by atoms with van der Waals surface area (Å²) in [5, 5.41) is 14.5. The minimum atomic E-state index is -0.585. The van der Waals surface area contributed by atoms with E-state index in [9.17, 15) is 14.9 Å². The highest BCUT2D eigenvalue weighted by molar-refractivity contribution is 5.99. The van der Waals surface area contributed by atoms with Crippen LogP contribution in [0.5, 0.6) is 11.5 Å². The molecular weight excluding hydrogens is 318 g/mol. The molecule has 9 nitrogen and oxygen atoms in total. The van der Waals surface area contributed by atoms with Gasteiger partial charge in [0.05, 0.1) is 24.7 Å². The number of amides is 1. The summed E-state index contributed by atoms with van der Waals surface area (Å²) in [6.07, 6.45) is 0. The molecule has 1 amide bonds. The summed E-state index contributed by atoms with van der Waals surface area (Å²) in [6.45, 7) is 2.88. The highest BCUT2D eigenvalue weighted by Crippen LogP contribution is 2.35. The van der Waals surface area contributed by atoms with Crippen LogP contribution in [0, 0.1) is 10.1 Å². The van der Waals surface area contributed by atoms with Gasteiger partial charge in [0.15, 0.2) is 11.5 Å². The van der Waals surface area contributed by atoms with Gasteiger partial charge in [-0.2, -0.15) is 0 Å². The van der Waals surface area contributed by atoms with Crippen LogP contribution in [0.1, 0.15) is 10.4 Å². The van der Waals surface area contributed by atoms with Gasteiger partial charge in [-0.15, -0.1) is 0 Å². The van der Waals surface area contributed by atoms with Gasteiger partial charge in [0.1, 0.15) is 12.2 Å². The minimum Gasteiger partial charge on any atom is -0.493 e. The third-order valence-corrected chi connectivity index (χ3v) is 3.66. The lowest BCUT2D eigenvalue weighted by molar-refractivity contribution is -0.385. The van der Waals surface area contributed by atoms with Crippen molar-refractivity contribution >= 4 is 11.6 Å². The molecule has 0 radical (unpaired) electrons. The molecule has 0 unspecified atom stereocenters. The zero-order chi connectivity index (χ0) is 17.5. The van der Waals surface area contributed by atoms with Crippen molar-refractivity contribution in [1.82, 2.24) is 10.2 Å². The second-order valence-electron chi connectivity index (χ2n) is 5.16. The van der Waals surface area contributed by atoms with Crippen LogP contribution in [0.25, 0.3) is 0 Å². The number of nitrogens with one attached hydrogen (secondary N) is 1. The van der Waals surface area contributed by atoms with Crippen molar-refractivity contribution in [3.63, 3.8) is 0 Å². The Hall–Kier alpha value is -2.39. The Balaban J connectivity index is 2.35. The average molecular weight is 339 g/mol. The van der Waals surface area contributed by atoms with Crippen molar-refractivity contribution in [2.24, 2.45) is 0 Å². The maximum Gasteiger partial charge on any atom is 0.286 e. The second-order valence-corrected chi connectivity index (χ2v) is 5.16. The number of carbonyl (C=O) groups excluding carboxylic acids is 1. The molecule has 0 spiro atoms. The van der Waals surface area contributed by atoms with Crippen LogP contribution in [-0.2, 0) is 4.74 Å². The largest absolute Gasteiger partial charge is 0.493 e. The van der Waals surface area contributed by atoms with E-state index in [1.165, 1.54) is 26.4 Å². The van der Waals surface area contributed by atoms with Crippen molar-refractivity contribution in [2.75, 3.05) is 53.6 Å². The van der Waals surface area contributed by atoms with Gasteiger partial charge in [0.2, 0.25) is 0 Å². The monoisotopic (exact) mass is 339 g/mol. The summed E-state index contributed by atoms with van der Waals surface area (Å²) in [5.41, 5.74) is -0.301. The molecule has 132 valence electrons. The lowest BCUT2D eigenvalue weighted by Crippen LogP contribution is -2.46. The zero-order valence-electron chi connectivity index (χ0n) is 13.7. The Morgan fingerprint density at radius 2 is 1.96 bits per heavy atom. The second kappa shape index (κ2) is 8.46. The Morgan fingerprint density at radius 1 is 1.25 bits per heavy atom. The highest BCUT2D eigenvalue weighted by Gasteiger charge is 2.28. The average Bonchev–Trinajstić information content (AvgIpc) is 2.61. The van der Waals surface area contributed by atoms with Gasteiger partial charge in [-0.3, -0.25) is 14.9 Å². The minimum absolute atomic E-state index is 0.00200. The molecule has 9 heteroatoms. The maximum atomic E-state index is 12.6. The summed E-state index contributed by atoms with van der Waals surface area (Å²) in [5.74, 6) is 0.0956. The quantitative estimate of drug-likeness (QED) is 0.442. The lowest BCUT2D eigenvalue weighted by atomic mass is 10.1. The molecular formula is C15H21N3O6. The van der Waals surface area contributed by atoms with Crippen LogP contribution >= 0.6 is 0 Å². The zero-order valence-corrected chi connectivity index (χ0v) is 13.7. The molecule has 1 saturated heterocycles. The number of methoxy groups -OCH3 is 2. The van der Waals surface area contributed by atoms with Crippen LogP contribution in [0.15, 0.2) is 12.1 Å². The fraction of sp³-hybridized carbons (Fsp3) is 0.533. The molecule has 0 aromatic heterocycles. The van der Waals surface area contributed by atoms with Crippen molar-refractivity contribution in [3.8, 4) is 11.5 Å². The van der Waals surface area contributed by atoms with E-state index in [2.05, 4.69) is 5.32 Å². The maximum absolute atomic E-state index is 12.6. The number of nitrogens with zero attached hydrogens (tertiary/aromatic N) is 2. The number of piperazine rings is 1.